The molecule has 0 radical (unpaired) electrons. The lowest BCUT2D eigenvalue weighted by atomic mass is 10.1. The van der Waals surface area contributed by atoms with E-state index in [4.69, 9.17) is 4.98 Å². The molecule has 2 aliphatic rings. The Labute approximate surface area is 175 Å². The van der Waals surface area contributed by atoms with Crippen LogP contribution in [0.3, 0.4) is 0 Å². The fraction of sp³-hybridized carbons (Fsp3) is 0.409. The van der Waals surface area contributed by atoms with Crippen LogP contribution in [0, 0.1) is 13.8 Å². The Balaban J connectivity index is 1.61. The van der Waals surface area contributed by atoms with Crippen LogP contribution >= 0.6 is 0 Å². The molecule has 1 atom stereocenters. The standard InChI is InChI=1S/C22H24N4O3S/c1-13-4-3-5-16(10-13)23-22(27)18-11-19(15-6-7-15)24-21-20(18)14(2)25-26(21)17-8-9-30(28,29)12-17/h3-5,10-11,15,17H,6-9,12H2,1-2H3,(H,23,27)/t17-/m0/s1. The van der Waals surface area contributed by atoms with Crippen LogP contribution in [0.15, 0.2) is 30.3 Å². The van der Waals surface area contributed by atoms with Crippen molar-refractivity contribution in [3.05, 3.63) is 52.8 Å². The molecule has 30 heavy (non-hydrogen) atoms. The number of aryl methyl sites for hydroxylation is 2. The van der Waals surface area contributed by atoms with Crippen molar-refractivity contribution in [1.82, 2.24) is 14.8 Å². The molecule has 2 fully saturated rings. The Hall–Kier alpha value is -2.74. The number of hydrogen-bond acceptors (Lipinski definition) is 5. The number of sulfone groups is 1. The molecule has 1 aliphatic carbocycles. The summed E-state index contributed by atoms with van der Waals surface area (Å²) < 4.78 is 25.8. The molecule has 7 nitrogen and oxygen atoms in total. The quantitative estimate of drug-likeness (QED) is 0.691. The van der Waals surface area contributed by atoms with Gasteiger partial charge in [0.1, 0.15) is 0 Å². The van der Waals surface area contributed by atoms with Crippen LogP contribution < -0.4 is 5.32 Å². The van der Waals surface area contributed by atoms with Gasteiger partial charge in [0.2, 0.25) is 0 Å². The zero-order valence-corrected chi connectivity index (χ0v) is 17.9. The van der Waals surface area contributed by atoms with Crippen molar-refractivity contribution < 1.29 is 13.2 Å². The van der Waals surface area contributed by atoms with Crippen LogP contribution in [0.5, 0.6) is 0 Å². The Morgan fingerprint density at radius 2 is 1.97 bits per heavy atom. The van der Waals surface area contributed by atoms with Gasteiger partial charge in [-0.3, -0.25) is 4.79 Å². The first-order chi connectivity index (χ1) is 14.3. The van der Waals surface area contributed by atoms with Gasteiger partial charge >= 0.3 is 0 Å². The number of rotatable bonds is 4. The molecule has 1 aliphatic heterocycles. The second-order valence-corrected chi connectivity index (χ2v) is 10.7. The molecule has 0 bridgehead atoms. The highest BCUT2D eigenvalue weighted by Crippen LogP contribution is 2.41. The van der Waals surface area contributed by atoms with Crippen LogP contribution in [-0.4, -0.2) is 40.6 Å². The van der Waals surface area contributed by atoms with E-state index in [2.05, 4.69) is 10.4 Å². The van der Waals surface area contributed by atoms with Gasteiger partial charge in [-0.05, 0) is 56.9 Å². The van der Waals surface area contributed by atoms with Gasteiger partial charge in [0.25, 0.3) is 5.91 Å². The number of nitrogens with zero attached hydrogens (tertiary/aromatic N) is 3. The van der Waals surface area contributed by atoms with E-state index in [1.54, 1.807) is 4.68 Å². The molecule has 0 unspecified atom stereocenters. The molecule has 1 amide bonds. The zero-order chi connectivity index (χ0) is 21.0. The normalized spacial score (nSPS) is 20.5. The topological polar surface area (TPSA) is 93.9 Å². The maximum absolute atomic E-state index is 13.2. The smallest absolute Gasteiger partial charge is 0.256 e. The third-order valence-electron chi connectivity index (χ3n) is 5.93. The van der Waals surface area contributed by atoms with Crippen molar-refractivity contribution in [2.45, 2.75) is 45.1 Å². The number of amides is 1. The Bertz CT molecular complexity index is 1280. The molecule has 3 aromatic rings. The summed E-state index contributed by atoms with van der Waals surface area (Å²) in [5.74, 6) is 0.400. The molecule has 0 spiro atoms. The largest absolute Gasteiger partial charge is 0.322 e. The Kier molecular flexibility index (Phi) is 4.43. The summed E-state index contributed by atoms with van der Waals surface area (Å²) in [6, 6.07) is 9.33. The second kappa shape index (κ2) is 6.91. The van der Waals surface area contributed by atoms with E-state index in [1.807, 2.05) is 44.2 Å². The Morgan fingerprint density at radius 1 is 1.17 bits per heavy atom. The fourth-order valence-electron chi connectivity index (χ4n) is 4.24. The lowest BCUT2D eigenvalue weighted by molar-refractivity contribution is 0.102. The zero-order valence-electron chi connectivity index (χ0n) is 17.1. The fourth-order valence-corrected chi connectivity index (χ4v) is 5.94. The van der Waals surface area contributed by atoms with Crippen LogP contribution in [-0.2, 0) is 9.84 Å². The predicted molar refractivity (Wildman–Crippen MR) is 116 cm³/mol. The summed E-state index contributed by atoms with van der Waals surface area (Å²) in [5, 5.41) is 8.33. The van der Waals surface area contributed by atoms with E-state index in [-0.39, 0.29) is 23.5 Å². The number of aromatic nitrogens is 3. The van der Waals surface area contributed by atoms with Gasteiger partial charge in [0.05, 0.1) is 34.2 Å². The van der Waals surface area contributed by atoms with Crippen molar-refractivity contribution in [3.63, 3.8) is 0 Å². The number of anilines is 1. The van der Waals surface area contributed by atoms with Crippen molar-refractivity contribution in [2.24, 2.45) is 0 Å². The molecule has 156 valence electrons. The van der Waals surface area contributed by atoms with Crippen molar-refractivity contribution in [3.8, 4) is 0 Å². The minimum Gasteiger partial charge on any atom is -0.322 e. The lowest BCUT2D eigenvalue weighted by Gasteiger charge is -2.12. The van der Waals surface area contributed by atoms with Crippen molar-refractivity contribution in [2.75, 3.05) is 16.8 Å². The number of benzene rings is 1. The third kappa shape index (κ3) is 3.49. The molecule has 1 saturated heterocycles. The third-order valence-corrected chi connectivity index (χ3v) is 7.68. The van der Waals surface area contributed by atoms with E-state index in [1.165, 1.54) is 0 Å². The highest BCUT2D eigenvalue weighted by Gasteiger charge is 2.34. The van der Waals surface area contributed by atoms with Crippen LogP contribution in [0.25, 0.3) is 11.0 Å². The predicted octanol–water partition coefficient (Wildman–Crippen LogP) is 3.54. The summed E-state index contributed by atoms with van der Waals surface area (Å²) >= 11 is 0. The molecule has 1 aromatic carbocycles. The lowest BCUT2D eigenvalue weighted by Crippen LogP contribution is -2.15. The first kappa shape index (κ1) is 19.2. The SMILES string of the molecule is Cc1cccc(NC(=O)c2cc(C3CC3)nc3c2c(C)nn3[C@H]2CCS(=O)(=O)C2)c1. The number of nitrogens with one attached hydrogen (secondary N) is 1. The van der Waals surface area contributed by atoms with Crippen LogP contribution in [0.1, 0.15) is 58.5 Å². The van der Waals surface area contributed by atoms with Crippen LogP contribution in [0.4, 0.5) is 5.69 Å². The first-order valence-corrected chi connectivity index (χ1v) is 12.1. The molecular weight excluding hydrogens is 400 g/mol. The first-order valence-electron chi connectivity index (χ1n) is 10.3. The molecule has 1 N–H and O–H groups in total. The van der Waals surface area contributed by atoms with Gasteiger partial charge in [-0.1, -0.05) is 12.1 Å². The van der Waals surface area contributed by atoms with Crippen LogP contribution in [0.2, 0.25) is 0 Å². The summed E-state index contributed by atoms with van der Waals surface area (Å²) in [4.78, 5) is 18.1. The summed E-state index contributed by atoms with van der Waals surface area (Å²) in [6.45, 7) is 3.83. The maximum atomic E-state index is 13.2. The summed E-state index contributed by atoms with van der Waals surface area (Å²) in [7, 11) is -3.06. The van der Waals surface area contributed by atoms with E-state index in [0.29, 0.717) is 34.6 Å². The molecule has 2 aromatic heterocycles. The second-order valence-electron chi connectivity index (χ2n) is 8.48. The van der Waals surface area contributed by atoms with Gasteiger partial charge in [-0.15, -0.1) is 0 Å². The summed E-state index contributed by atoms with van der Waals surface area (Å²) in [5.41, 5.74) is 4.56. The minimum atomic E-state index is -3.06. The van der Waals surface area contributed by atoms with E-state index < -0.39 is 9.84 Å². The number of carbonyl (C=O) groups excluding carboxylic acids is 1. The average Bonchev–Trinajstić information content (AvgIpc) is 3.41. The Morgan fingerprint density at radius 3 is 2.63 bits per heavy atom. The van der Waals surface area contributed by atoms with Crippen molar-refractivity contribution >= 4 is 32.5 Å². The monoisotopic (exact) mass is 424 g/mol. The van der Waals surface area contributed by atoms with Gasteiger partial charge in [0, 0.05) is 17.3 Å². The molecule has 3 heterocycles. The van der Waals surface area contributed by atoms with E-state index in [9.17, 15) is 13.2 Å². The van der Waals surface area contributed by atoms with Gasteiger partial charge in [-0.25, -0.2) is 18.1 Å². The van der Waals surface area contributed by atoms with Gasteiger partial charge in [0.15, 0.2) is 15.5 Å². The minimum absolute atomic E-state index is 0.0728. The maximum Gasteiger partial charge on any atom is 0.256 e. The van der Waals surface area contributed by atoms with Gasteiger partial charge < -0.3 is 5.32 Å². The highest BCUT2D eigenvalue weighted by molar-refractivity contribution is 7.91. The highest BCUT2D eigenvalue weighted by atomic mass is 32.2. The van der Waals surface area contributed by atoms with E-state index >= 15 is 0 Å². The number of carbonyl (C=O) groups is 1. The molecule has 1 saturated carbocycles. The van der Waals surface area contributed by atoms with E-state index in [0.717, 1.165) is 29.8 Å². The number of pyridine rings is 1. The molecular formula is C22H24N4O3S. The molecule has 5 rings (SSSR count). The number of fused-ring (bicyclic) bond motifs is 1. The van der Waals surface area contributed by atoms with Crippen molar-refractivity contribution in [1.29, 1.82) is 0 Å². The van der Waals surface area contributed by atoms with Gasteiger partial charge in [-0.2, -0.15) is 5.10 Å². The summed E-state index contributed by atoms with van der Waals surface area (Å²) in [6.07, 6.45) is 2.64. The average molecular weight is 425 g/mol. The number of hydrogen-bond donors (Lipinski definition) is 1. The molecule has 8 heteroatoms.